The number of nitrogens with zero attached hydrogens (tertiary/aromatic N) is 3. The average Bonchev–Trinajstić information content (AvgIpc) is 3.30. The van der Waals surface area contributed by atoms with Gasteiger partial charge in [0.2, 0.25) is 0 Å². The Balaban J connectivity index is 1.35. The molecule has 0 aliphatic carbocycles. The van der Waals surface area contributed by atoms with E-state index < -0.39 is 0 Å². The Kier molecular flexibility index (Phi) is 6.73. The number of pyridine rings is 1. The molecule has 0 saturated carbocycles. The van der Waals surface area contributed by atoms with Crippen LogP contribution in [0, 0.1) is 11.8 Å². The van der Waals surface area contributed by atoms with Gasteiger partial charge in [-0.1, -0.05) is 42.7 Å². The fraction of sp³-hybridized carbons (Fsp3) is 0.250. The van der Waals surface area contributed by atoms with Crippen molar-refractivity contribution in [2.75, 3.05) is 18.9 Å². The number of likely N-dealkylation sites (tertiary alicyclic amines) is 1. The van der Waals surface area contributed by atoms with Crippen LogP contribution in [0.15, 0.2) is 73.1 Å². The second kappa shape index (κ2) is 10.4. The van der Waals surface area contributed by atoms with Crippen LogP contribution in [-0.2, 0) is 0 Å². The van der Waals surface area contributed by atoms with E-state index in [4.69, 9.17) is 0 Å². The van der Waals surface area contributed by atoms with E-state index in [0.717, 1.165) is 35.0 Å². The zero-order valence-corrected chi connectivity index (χ0v) is 19.7. The number of piperidine rings is 1. The number of hydrogen-bond acceptors (Lipinski definition) is 4. The lowest BCUT2D eigenvalue weighted by molar-refractivity contribution is 0.147. The molecule has 0 bridgehead atoms. The fourth-order valence-electron chi connectivity index (χ4n) is 4.65. The molecule has 4 aromatic rings. The van der Waals surface area contributed by atoms with E-state index in [1.54, 1.807) is 12.4 Å². The van der Waals surface area contributed by atoms with Gasteiger partial charge in [0.05, 0.1) is 11.6 Å². The second-order valence-electron chi connectivity index (χ2n) is 8.85. The Morgan fingerprint density at radius 3 is 2.80 bits per heavy atom. The molecule has 0 unspecified atom stereocenters. The van der Waals surface area contributed by atoms with E-state index in [-0.39, 0.29) is 18.1 Å². The molecular weight excluding hydrogens is 436 g/mol. The van der Waals surface area contributed by atoms with Gasteiger partial charge in [0.15, 0.2) is 0 Å². The van der Waals surface area contributed by atoms with Crippen LogP contribution in [0.2, 0.25) is 0 Å². The highest BCUT2D eigenvalue weighted by atomic mass is 16.2. The number of likely N-dealkylation sites (N-methyl/N-ethyl adjacent to an activating group) is 1. The summed E-state index contributed by atoms with van der Waals surface area (Å²) in [5.74, 6) is 6.22. The van der Waals surface area contributed by atoms with E-state index in [1.807, 2.05) is 48.5 Å². The van der Waals surface area contributed by atoms with Crippen molar-refractivity contribution in [3.63, 3.8) is 0 Å². The summed E-state index contributed by atoms with van der Waals surface area (Å²) in [5, 5.41) is 14.4. The zero-order valence-electron chi connectivity index (χ0n) is 19.7. The lowest BCUT2D eigenvalue weighted by Gasteiger charge is -2.38. The quantitative estimate of drug-likeness (QED) is 0.382. The van der Waals surface area contributed by atoms with E-state index >= 15 is 0 Å². The van der Waals surface area contributed by atoms with Gasteiger partial charge in [-0.15, -0.1) is 0 Å². The highest BCUT2D eigenvalue weighted by Gasteiger charge is 2.30. The van der Waals surface area contributed by atoms with Crippen LogP contribution in [-0.4, -0.2) is 45.7 Å². The molecule has 5 rings (SSSR count). The van der Waals surface area contributed by atoms with Gasteiger partial charge in [-0.05, 0) is 68.2 Å². The Hall–Kier alpha value is -4.15. The molecule has 176 valence electrons. The number of amides is 2. The standard InChI is InChI=1S/C28H28N6O/c1-34-17-6-5-11-26(34)27(21-9-3-2-4-10-21)31-28(35)30-22-13-15-25-23(18-22)24(32-33-25)14-12-20-8-7-16-29-19-20/h2-4,7-10,13,15-16,18-19,26-27H,5-6,11,17H2,1H3,(H,32,33)(H2,30,31,35)/t26-,27-/m0/s1. The smallest absolute Gasteiger partial charge is 0.319 e. The third-order valence-corrected chi connectivity index (χ3v) is 6.46. The Morgan fingerprint density at radius 1 is 1.11 bits per heavy atom. The number of aromatic amines is 1. The fourth-order valence-corrected chi connectivity index (χ4v) is 4.65. The van der Waals surface area contributed by atoms with Crippen LogP contribution in [0.5, 0.6) is 0 Å². The normalized spacial score (nSPS) is 16.8. The minimum Gasteiger partial charge on any atom is -0.329 e. The van der Waals surface area contributed by atoms with Crippen LogP contribution in [0.1, 0.15) is 42.1 Å². The number of aromatic nitrogens is 3. The number of hydrogen-bond donors (Lipinski definition) is 3. The van der Waals surface area contributed by atoms with Crippen molar-refractivity contribution in [3.05, 3.63) is 89.9 Å². The summed E-state index contributed by atoms with van der Waals surface area (Å²) in [6.45, 7) is 1.04. The molecule has 0 spiro atoms. The summed E-state index contributed by atoms with van der Waals surface area (Å²) in [5.41, 5.74) is 4.10. The maximum absolute atomic E-state index is 13.1. The number of anilines is 1. The predicted molar refractivity (Wildman–Crippen MR) is 138 cm³/mol. The van der Waals surface area contributed by atoms with Gasteiger partial charge in [0.1, 0.15) is 5.69 Å². The minimum absolute atomic E-state index is 0.0972. The highest BCUT2D eigenvalue weighted by molar-refractivity contribution is 5.94. The van der Waals surface area contributed by atoms with E-state index in [1.165, 1.54) is 12.8 Å². The molecule has 1 fully saturated rings. The summed E-state index contributed by atoms with van der Waals surface area (Å²) in [7, 11) is 2.14. The maximum Gasteiger partial charge on any atom is 0.319 e. The molecule has 3 heterocycles. The van der Waals surface area contributed by atoms with Crippen LogP contribution < -0.4 is 10.6 Å². The second-order valence-corrected chi connectivity index (χ2v) is 8.85. The summed E-state index contributed by atoms with van der Waals surface area (Å²) < 4.78 is 0. The van der Waals surface area contributed by atoms with E-state index in [0.29, 0.717) is 11.4 Å². The number of rotatable bonds is 4. The predicted octanol–water partition coefficient (Wildman–Crippen LogP) is 4.70. The third-order valence-electron chi connectivity index (χ3n) is 6.46. The van der Waals surface area contributed by atoms with Crippen LogP contribution in [0.4, 0.5) is 10.5 Å². The molecule has 2 amide bonds. The minimum atomic E-state index is -0.233. The first-order chi connectivity index (χ1) is 17.2. The van der Waals surface area contributed by atoms with Crippen LogP contribution >= 0.6 is 0 Å². The van der Waals surface area contributed by atoms with Crippen molar-refractivity contribution in [1.82, 2.24) is 25.4 Å². The van der Waals surface area contributed by atoms with Gasteiger partial charge in [-0.25, -0.2) is 4.79 Å². The molecule has 1 aliphatic heterocycles. The van der Waals surface area contributed by atoms with Crippen molar-refractivity contribution in [3.8, 4) is 11.8 Å². The molecule has 7 heteroatoms. The Morgan fingerprint density at radius 2 is 2.00 bits per heavy atom. The topological polar surface area (TPSA) is 85.9 Å². The number of nitrogens with one attached hydrogen (secondary N) is 3. The summed E-state index contributed by atoms with van der Waals surface area (Å²) >= 11 is 0. The first-order valence-corrected chi connectivity index (χ1v) is 11.9. The summed E-state index contributed by atoms with van der Waals surface area (Å²) in [4.78, 5) is 19.6. The molecule has 7 nitrogen and oxygen atoms in total. The van der Waals surface area contributed by atoms with Gasteiger partial charge >= 0.3 is 6.03 Å². The molecule has 35 heavy (non-hydrogen) atoms. The first-order valence-electron chi connectivity index (χ1n) is 11.9. The first kappa shape index (κ1) is 22.6. The van der Waals surface area contributed by atoms with Crippen molar-refractivity contribution < 1.29 is 4.79 Å². The molecule has 1 aliphatic rings. The lowest BCUT2D eigenvalue weighted by atomic mass is 9.91. The number of carbonyl (C=O) groups excluding carboxylic acids is 1. The van der Waals surface area contributed by atoms with Crippen molar-refractivity contribution >= 4 is 22.6 Å². The van der Waals surface area contributed by atoms with Crippen LogP contribution in [0.25, 0.3) is 10.9 Å². The van der Waals surface area contributed by atoms with Gasteiger partial charge < -0.3 is 15.5 Å². The molecule has 2 aromatic carbocycles. The monoisotopic (exact) mass is 464 g/mol. The largest absolute Gasteiger partial charge is 0.329 e. The van der Waals surface area contributed by atoms with Crippen molar-refractivity contribution in [1.29, 1.82) is 0 Å². The van der Waals surface area contributed by atoms with Gasteiger partial charge in [0.25, 0.3) is 0 Å². The van der Waals surface area contributed by atoms with E-state index in [9.17, 15) is 4.79 Å². The number of H-pyrrole nitrogens is 1. The molecule has 2 aromatic heterocycles. The summed E-state index contributed by atoms with van der Waals surface area (Å²) in [6.07, 6.45) is 6.85. The summed E-state index contributed by atoms with van der Waals surface area (Å²) in [6, 6.07) is 19.5. The number of fused-ring (bicyclic) bond motifs is 1. The number of carbonyl (C=O) groups is 1. The van der Waals surface area contributed by atoms with Gasteiger partial charge in [-0.3, -0.25) is 10.1 Å². The maximum atomic E-state index is 13.1. The SMILES string of the molecule is CN1CCCC[C@H]1[C@@H](NC(=O)Nc1ccc2n[nH]c(C#Cc3cccnc3)c2c1)c1ccccc1. The van der Waals surface area contributed by atoms with E-state index in [2.05, 4.69) is 61.7 Å². The lowest BCUT2D eigenvalue weighted by Crippen LogP contribution is -2.47. The number of urea groups is 1. The molecule has 0 radical (unpaired) electrons. The van der Waals surface area contributed by atoms with Crippen molar-refractivity contribution in [2.45, 2.75) is 31.3 Å². The molecule has 3 N–H and O–H groups in total. The Bertz CT molecular complexity index is 1360. The third kappa shape index (κ3) is 5.34. The van der Waals surface area contributed by atoms with Crippen molar-refractivity contribution in [2.24, 2.45) is 0 Å². The number of benzene rings is 2. The zero-order chi connectivity index (χ0) is 24.0. The Labute approximate surface area is 205 Å². The van der Waals surface area contributed by atoms with Crippen LogP contribution in [0.3, 0.4) is 0 Å². The molecular formula is C28H28N6O. The van der Waals surface area contributed by atoms with Gasteiger partial charge in [-0.2, -0.15) is 5.10 Å². The highest BCUT2D eigenvalue weighted by Crippen LogP contribution is 2.28. The molecule has 1 saturated heterocycles. The van der Waals surface area contributed by atoms with Gasteiger partial charge in [0, 0.05) is 35.1 Å². The molecule has 2 atom stereocenters. The average molecular weight is 465 g/mol.